The van der Waals surface area contributed by atoms with E-state index in [4.69, 9.17) is 29.7 Å². The second kappa shape index (κ2) is 30.5. The zero-order valence-corrected chi connectivity index (χ0v) is 23.0. The number of carboxylic acid groups (broad SMARTS) is 3. The van der Waals surface area contributed by atoms with Gasteiger partial charge in [0.05, 0.1) is 24.6 Å². The van der Waals surface area contributed by atoms with E-state index < -0.39 is 25.2 Å². The van der Waals surface area contributed by atoms with E-state index >= 15 is 0 Å². The van der Waals surface area contributed by atoms with Gasteiger partial charge in [0.2, 0.25) is 0 Å². The van der Waals surface area contributed by atoms with Crippen LogP contribution in [0.2, 0.25) is 0 Å². The lowest BCUT2D eigenvalue weighted by Crippen LogP contribution is -2.16. The molecule has 0 fully saturated rings. The Hall–Kier alpha value is -0.730. The Balaban J connectivity index is -0.000000131. The van der Waals surface area contributed by atoms with Gasteiger partial charge in [0.1, 0.15) is 0 Å². The topological polar surface area (TPSA) is 115 Å². The third kappa shape index (κ3) is 50.7. The number of carboxylic acids is 3. The average molecular weight is 473 g/mol. The summed E-state index contributed by atoms with van der Waals surface area (Å²) >= 11 is 0. The van der Waals surface area contributed by atoms with Crippen molar-refractivity contribution in [3.05, 3.63) is 0 Å². The Labute approximate surface area is 189 Å². The summed E-state index contributed by atoms with van der Waals surface area (Å²) in [5.74, 6) is -2.75. The van der Waals surface area contributed by atoms with E-state index in [0.717, 1.165) is 20.8 Å². The van der Waals surface area contributed by atoms with Gasteiger partial charge in [0, 0.05) is 27.1 Å². The summed E-state index contributed by atoms with van der Waals surface area (Å²) in [6.45, 7) is 12.6. The Kier molecular flexibility index (Phi) is 40.3. The van der Waals surface area contributed by atoms with Crippen LogP contribution in [-0.2, 0) is 14.4 Å². The van der Waals surface area contributed by atoms with Crippen molar-refractivity contribution in [1.82, 2.24) is 0 Å². The summed E-state index contributed by atoms with van der Waals surface area (Å²) in [4.78, 5) is 26.9. The number of carbonyl (C=O) groups excluding carboxylic acids is 1. The minimum absolute atomic E-state index is 0. The lowest BCUT2D eigenvalue weighted by molar-refractivity contribution is -0.302. The summed E-state index contributed by atoms with van der Waals surface area (Å²) in [5, 5.41) is 23.7. The predicted molar refractivity (Wildman–Crippen MR) is 134 cm³/mol. The summed E-state index contributed by atoms with van der Waals surface area (Å²) in [5.41, 5.74) is 0. The molecule has 1 atom stereocenters. The molecule has 0 amide bonds. The highest BCUT2D eigenvalue weighted by Crippen LogP contribution is 2.61. The van der Waals surface area contributed by atoms with E-state index in [1.54, 1.807) is 24.6 Å². The van der Waals surface area contributed by atoms with Crippen LogP contribution in [0.15, 0.2) is 0 Å². The predicted octanol–water partition coefficient (Wildman–Crippen LogP) is 5.20. The first kappa shape index (κ1) is 39.7. The molecule has 0 spiro atoms. The van der Waals surface area contributed by atoms with Crippen LogP contribution in [0.5, 0.6) is 0 Å². The SMILES string of the molecule is CC(=O)O.CC(=O)O.CC(=O)[O-].CCCC[P+](CCCC)(CCCC)CCCC.P. The Morgan fingerprint density at radius 1 is 0.633 bits per heavy atom. The van der Waals surface area contributed by atoms with E-state index in [9.17, 15) is 0 Å². The van der Waals surface area contributed by atoms with Gasteiger partial charge in [-0.25, -0.2) is 0 Å². The van der Waals surface area contributed by atoms with Crippen LogP contribution in [0.25, 0.3) is 0 Å². The summed E-state index contributed by atoms with van der Waals surface area (Å²) in [7, 11) is -0.562. The Bertz CT molecular complexity index is 312. The lowest BCUT2D eigenvalue weighted by atomic mass is 10.4. The van der Waals surface area contributed by atoms with Crippen LogP contribution in [0, 0.1) is 0 Å². The molecular weight excluding hydrogens is 422 g/mol. The normalized spacial score (nSPS) is 9.30. The van der Waals surface area contributed by atoms with Crippen LogP contribution in [0.4, 0.5) is 0 Å². The van der Waals surface area contributed by atoms with Gasteiger partial charge in [-0.3, -0.25) is 9.59 Å². The average Bonchev–Trinajstić information content (AvgIpc) is 2.59. The summed E-state index contributed by atoms with van der Waals surface area (Å²) < 4.78 is 0. The molecule has 6 nitrogen and oxygen atoms in total. The minimum Gasteiger partial charge on any atom is -0.550 e. The molecule has 2 N–H and O–H groups in total. The molecular formula is C22H50O6P2. The molecule has 1 unspecified atom stereocenters. The van der Waals surface area contributed by atoms with Crippen LogP contribution >= 0.6 is 17.2 Å². The third-order valence-electron chi connectivity index (χ3n) is 3.94. The molecule has 0 saturated carbocycles. The Morgan fingerprint density at radius 3 is 0.867 bits per heavy atom. The first-order valence-electron chi connectivity index (χ1n) is 10.9. The number of aliphatic carboxylic acids is 3. The van der Waals surface area contributed by atoms with E-state index in [2.05, 4.69) is 27.7 Å². The molecule has 8 heteroatoms. The molecule has 0 aliphatic carbocycles. The van der Waals surface area contributed by atoms with Gasteiger partial charge in [-0.1, -0.05) is 53.4 Å². The van der Waals surface area contributed by atoms with Gasteiger partial charge in [-0.05, 0) is 32.6 Å². The molecule has 0 rings (SSSR count). The molecule has 0 heterocycles. The van der Waals surface area contributed by atoms with Crippen molar-refractivity contribution < 1.29 is 29.7 Å². The maximum Gasteiger partial charge on any atom is 0.300 e. The fourth-order valence-corrected chi connectivity index (χ4v) is 7.93. The molecule has 184 valence electrons. The first-order valence-corrected chi connectivity index (χ1v) is 13.4. The van der Waals surface area contributed by atoms with E-state index in [1.807, 2.05) is 0 Å². The fourth-order valence-electron chi connectivity index (χ4n) is 2.64. The molecule has 0 saturated heterocycles. The highest BCUT2D eigenvalue weighted by atomic mass is 31.2. The van der Waals surface area contributed by atoms with Crippen molar-refractivity contribution in [2.75, 3.05) is 24.6 Å². The zero-order valence-electron chi connectivity index (χ0n) is 20.7. The quantitative estimate of drug-likeness (QED) is 0.377. The highest BCUT2D eigenvalue weighted by Gasteiger charge is 2.34. The number of hydrogen-bond acceptors (Lipinski definition) is 4. The number of hydrogen-bond donors (Lipinski definition) is 2. The minimum atomic E-state index is -1.08. The van der Waals surface area contributed by atoms with Crippen LogP contribution in [0.1, 0.15) is 99.8 Å². The summed E-state index contributed by atoms with van der Waals surface area (Å²) in [6.07, 6.45) is 17.9. The van der Waals surface area contributed by atoms with Crippen molar-refractivity contribution >= 4 is 35.1 Å². The van der Waals surface area contributed by atoms with Crippen molar-refractivity contribution in [3.8, 4) is 0 Å². The van der Waals surface area contributed by atoms with E-state index in [0.29, 0.717) is 0 Å². The molecule has 0 radical (unpaired) electrons. The molecule has 0 aliphatic heterocycles. The largest absolute Gasteiger partial charge is 0.550 e. The third-order valence-corrected chi connectivity index (χ3v) is 9.00. The Morgan fingerprint density at radius 2 is 0.767 bits per heavy atom. The molecule has 0 aromatic rings. The van der Waals surface area contributed by atoms with Crippen LogP contribution < -0.4 is 5.11 Å². The molecule has 0 aliphatic rings. The maximum absolute atomic E-state index is 9.00. The standard InChI is InChI=1S/C16H36P.3C2H4O2.H3P/c1-5-9-13-17(14-10-6-2,15-11-7-3)16-12-8-4;3*1-2(3)4;/h5-16H2,1-4H3;3*1H3,(H,3,4);1H3/q+1;;;;/p-1. The van der Waals surface area contributed by atoms with Gasteiger partial charge in [-0.2, -0.15) is 9.90 Å². The number of unbranched alkanes of at least 4 members (excludes halogenated alkanes) is 4. The number of carbonyl (C=O) groups is 3. The van der Waals surface area contributed by atoms with Crippen LogP contribution in [-0.4, -0.2) is 52.8 Å². The van der Waals surface area contributed by atoms with E-state index in [1.165, 1.54) is 51.4 Å². The van der Waals surface area contributed by atoms with Crippen molar-refractivity contribution in [1.29, 1.82) is 0 Å². The first-order chi connectivity index (χ1) is 13.4. The second-order valence-electron chi connectivity index (χ2n) is 7.18. The van der Waals surface area contributed by atoms with Crippen molar-refractivity contribution in [3.63, 3.8) is 0 Å². The maximum atomic E-state index is 9.00. The lowest BCUT2D eigenvalue weighted by Gasteiger charge is -2.28. The molecule has 0 bridgehead atoms. The van der Waals surface area contributed by atoms with Gasteiger partial charge in [0.25, 0.3) is 11.9 Å². The molecule has 0 aromatic carbocycles. The number of rotatable bonds is 12. The second-order valence-corrected chi connectivity index (χ2v) is 11.7. The van der Waals surface area contributed by atoms with Crippen LogP contribution in [0.3, 0.4) is 0 Å². The fraction of sp³-hybridized carbons (Fsp3) is 0.864. The van der Waals surface area contributed by atoms with Gasteiger partial charge in [-0.15, -0.1) is 0 Å². The van der Waals surface area contributed by atoms with Gasteiger partial charge >= 0.3 is 0 Å². The zero-order chi connectivity index (χ0) is 23.7. The molecule has 30 heavy (non-hydrogen) atoms. The summed E-state index contributed by atoms with van der Waals surface area (Å²) in [6, 6.07) is 0. The smallest absolute Gasteiger partial charge is 0.300 e. The van der Waals surface area contributed by atoms with E-state index in [-0.39, 0.29) is 9.90 Å². The highest BCUT2D eigenvalue weighted by molar-refractivity contribution is 7.75. The monoisotopic (exact) mass is 472 g/mol. The van der Waals surface area contributed by atoms with Crippen molar-refractivity contribution in [2.24, 2.45) is 0 Å². The van der Waals surface area contributed by atoms with Crippen molar-refractivity contribution in [2.45, 2.75) is 99.8 Å². The molecule has 0 aromatic heterocycles. The van der Waals surface area contributed by atoms with Gasteiger partial charge in [0.15, 0.2) is 0 Å². The van der Waals surface area contributed by atoms with Gasteiger partial charge < -0.3 is 20.1 Å².